The third-order valence-corrected chi connectivity index (χ3v) is 14.0. The molecule has 6 unspecified atom stereocenters. The van der Waals surface area contributed by atoms with Crippen LogP contribution < -0.4 is 0 Å². The number of carbonyl (C=O) groups is 4. The lowest BCUT2D eigenvalue weighted by atomic mass is 9.98. The molecule has 1 saturated heterocycles. The molecule has 79 heavy (non-hydrogen) atoms. The molecular weight excluding hydrogens is 997 g/mol. The van der Waals surface area contributed by atoms with Gasteiger partial charge < -0.3 is 39.0 Å². The van der Waals surface area contributed by atoms with Gasteiger partial charge in [-0.15, -0.1) is 0 Å². The number of aliphatic carboxylic acids is 1. The number of carbonyl (C=O) groups excluding carboxylic acids is 3. The van der Waals surface area contributed by atoms with E-state index in [-0.39, 0.29) is 25.9 Å². The Balaban J connectivity index is 2.70. The van der Waals surface area contributed by atoms with Crippen LogP contribution in [0.25, 0.3) is 0 Å². The van der Waals surface area contributed by atoms with Crippen molar-refractivity contribution >= 4 is 23.9 Å². The van der Waals surface area contributed by atoms with Crippen LogP contribution >= 0.6 is 0 Å². The third-order valence-electron chi connectivity index (χ3n) is 14.0. The number of esters is 3. The Morgan fingerprint density at radius 1 is 0.430 bits per heavy atom. The Kier molecular flexibility index (Phi) is 50.3. The molecule has 0 spiro atoms. The molecule has 0 saturated carbocycles. The molecule has 0 aromatic carbocycles. The van der Waals surface area contributed by atoms with Crippen LogP contribution in [0.4, 0.5) is 0 Å². The van der Waals surface area contributed by atoms with Gasteiger partial charge in [0.15, 0.2) is 24.6 Å². The van der Waals surface area contributed by atoms with Crippen molar-refractivity contribution in [3.63, 3.8) is 0 Å². The number of unbranched alkanes of at least 4 members (excludes halogenated alkanes) is 25. The predicted octanol–water partition coefficient (Wildman–Crippen LogP) is 16.7. The first-order valence-electron chi connectivity index (χ1n) is 31.6. The average Bonchev–Trinajstić information content (AvgIpc) is 3.46. The number of carboxylic acid groups (broad SMARTS) is 1. The minimum atomic E-state index is -1.91. The zero-order chi connectivity index (χ0) is 57.5. The fourth-order valence-electron chi connectivity index (χ4n) is 9.13. The molecule has 1 aliphatic rings. The molecule has 1 heterocycles. The Morgan fingerprint density at radius 3 is 1.25 bits per heavy atom. The van der Waals surface area contributed by atoms with Crippen molar-refractivity contribution in [2.75, 3.05) is 13.2 Å². The van der Waals surface area contributed by atoms with Crippen LogP contribution in [-0.2, 0) is 42.9 Å². The van der Waals surface area contributed by atoms with Gasteiger partial charge in [-0.3, -0.25) is 14.4 Å². The maximum atomic E-state index is 13.2. The predicted molar refractivity (Wildman–Crippen MR) is 321 cm³/mol. The van der Waals surface area contributed by atoms with Gasteiger partial charge in [-0.1, -0.05) is 234 Å². The molecular formula is C67H112O12. The number of hydrogen-bond donors (Lipinski definition) is 3. The van der Waals surface area contributed by atoms with Crippen LogP contribution in [0.15, 0.2) is 85.1 Å². The van der Waals surface area contributed by atoms with E-state index >= 15 is 0 Å². The summed E-state index contributed by atoms with van der Waals surface area (Å²) in [6.45, 7) is 5.83. The van der Waals surface area contributed by atoms with Gasteiger partial charge >= 0.3 is 23.9 Å². The quantitative estimate of drug-likeness (QED) is 0.0228. The van der Waals surface area contributed by atoms with Crippen molar-refractivity contribution in [3.05, 3.63) is 85.1 Å². The molecule has 0 aromatic heterocycles. The number of aliphatic hydroxyl groups is 2. The molecule has 12 heteroatoms. The number of hydrogen-bond acceptors (Lipinski definition) is 11. The van der Waals surface area contributed by atoms with Crippen molar-refractivity contribution in [1.29, 1.82) is 0 Å². The molecule has 452 valence electrons. The topological polar surface area (TPSA) is 175 Å². The molecule has 0 radical (unpaired) electrons. The van der Waals surface area contributed by atoms with Crippen molar-refractivity contribution in [3.8, 4) is 0 Å². The van der Waals surface area contributed by atoms with Crippen LogP contribution in [0.1, 0.15) is 265 Å². The molecule has 0 bridgehead atoms. The Bertz CT molecular complexity index is 1700. The number of allylic oxidation sites excluding steroid dienone is 14. The van der Waals surface area contributed by atoms with Crippen molar-refractivity contribution < 1.29 is 58.2 Å². The van der Waals surface area contributed by atoms with Gasteiger partial charge in [-0.05, 0) is 96.3 Å². The molecule has 0 aromatic rings. The van der Waals surface area contributed by atoms with E-state index in [0.29, 0.717) is 19.3 Å². The van der Waals surface area contributed by atoms with Gasteiger partial charge in [0.05, 0.1) is 6.61 Å². The van der Waals surface area contributed by atoms with Gasteiger partial charge in [0.1, 0.15) is 18.8 Å². The lowest BCUT2D eigenvalue weighted by Gasteiger charge is -2.40. The number of carboxylic acids is 1. The highest BCUT2D eigenvalue weighted by Gasteiger charge is 2.50. The van der Waals surface area contributed by atoms with E-state index < -0.39 is 67.3 Å². The monoisotopic (exact) mass is 1110 g/mol. The highest BCUT2D eigenvalue weighted by molar-refractivity contribution is 5.74. The molecule has 3 N–H and O–H groups in total. The number of rotatable bonds is 53. The normalized spacial score (nSPS) is 18.4. The second kappa shape index (κ2) is 54.5. The highest BCUT2D eigenvalue weighted by Crippen LogP contribution is 2.26. The summed E-state index contributed by atoms with van der Waals surface area (Å²) in [4.78, 5) is 51.2. The molecule has 12 nitrogen and oxygen atoms in total. The van der Waals surface area contributed by atoms with Crippen molar-refractivity contribution in [1.82, 2.24) is 0 Å². The van der Waals surface area contributed by atoms with Crippen LogP contribution in [0.5, 0.6) is 0 Å². The minimum absolute atomic E-state index is 0.0559. The zero-order valence-corrected chi connectivity index (χ0v) is 49.8. The second-order valence-corrected chi connectivity index (χ2v) is 21.3. The Hall–Kier alpha value is -4.10. The van der Waals surface area contributed by atoms with E-state index in [2.05, 4.69) is 106 Å². The molecule has 6 atom stereocenters. The number of ether oxygens (including phenoxy) is 5. The maximum Gasteiger partial charge on any atom is 0.335 e. The van der Waals surface area contributed by atoms with E-state index in [0.717, 1.165) is 122 Å². The molecule has 1 rings (SSSR count). The van der Waals surface area contributed by atoms with Crippen LogP contribution in [0.2, 0.25) is 0 Å². The van der Waals surface area contributed by atoms with Gasteiger partial charge in [-0.2, -0.15) is 0 Å². The van der Waals surface area contributed by atoms with E-state index in [9.17, 15) is 34.5 Å². The van der Waals surface area contributed by atoms with Crippen LogP contribution in [0, 0.1) is 0 Å². The van der Waals surface area contributed by atoms with Gasteiger partial charge in [0, 0.05) is 19.3 Å². The van der Waals surface area contributed by atoms with Gasteiger partial charge in [-0.25, -0.2) is 4.79 Å². The lowest BCUT2D eigenvalue weighted by Crippen LogP contribution is -2.61. The fourth-order valence-corrected chi connectivity index (χ4v) is 9.13. The van der Waals surface area contributed by atoms with Crippen LogP contribution in [0.3, 0.4) is 0 Å². The Morgan fingerprint density at radius 2 is 0.797 bits per heavy atom. The van der Waals surface area contributed by atoms with E-state index in [1.54, 1.807) is 0 Å². The smallest absolute Gasteiger partial charge is 0.335 e. The third kappa shape index (κ3) is 44.3. The standard InChI is InChI=1S/C67H112O12/c1-4-7-10-13-16-19-22-25-28-29-30-31-34-35-38-41-44-47-50-53-59(68)75-56-58(77-60(69)54-51-48-45-42-39-36-32-26-23-20-17-14-11-8-5-2)57-76-67-65(63(72)62(71)64(79-67)66(73)74)78-61(70)55-52-49-46-43-40-37-33-27-24-21-18-15-12-9-6-3/h7,10,16-17,19-20,25-26,28,30-32,35,38,58,62-65,67,71-72H,4-6,8-9,11-15,18,21-24,27,29,33-34,36-37,39-57H2,1-3H3,(H,73,74)/b10-7-,19-16-,20-17-,28-25-,31-30-,32-26-,38-35-. The summed E-state index contributed by atoms with van der Waals surface area (Å²) >= 11 is 0. The largest absolute Gasteiger partial charge is 0.479 e. The first-order chi connectivity index (χ1) is 38.6. The Labute approximate surface area is 480 Å². The lowest BCUT2D eigenvalue weighted by molar-refractivity contribution is -0.301. The molecule has 0 amide bonds. The van der Waals surface area contributed by atoms with Gasteiger partial charge in [0.2, 0.25) is 0 Å². The first-order valence-corrected chi connectivity index (χ1v) is 31.6. The molecule has 1 aliphatic heterocycles. The first kappa shape index (κ1) is 72.9. The maximum absolute atomic E-state index is 13.2. The summed E-state index contributed by atoms with van der Waals surface area (Å²) in [6.07, 6.45) is 58.3. The van der Waals surface area contributed by atoms with Crippen LogP contribution in [-0.4, -0.2) is 89.2 Å². The fraction of sp³-hybridized carbons (Fsp3) is 0.731. The summed E-state index contributed by atoms with van der Waals surface area (Å²) in [5, 5.41) is 31.5. The molecule has 1 fully saturated rings. The van der Waals surface area contributed by atoms with E-state index in [1.165, 1.54) is 83.5 Å². The summed E-state index contributed by atoms with van der Waals surface area (Å²) in [5.74, 6) is -3.17. The van der Waals surface area contributed by atoms with E-state index in [4.69, 9.17) is 23.7 Å². The van der Waals surface area contributed by atoms with Gasteiger partial charge in [0.25, 0.3) is 0 Å². The SMILES string of the molecule is CC/C=C\C/C=C\C/C=C\C/C=C\C/C=C\CCCCCC(=O)OCC(COC1OC(C(=O)O)C(O)C(O)C1OC(=O)CCCCCCCCCCCCCCCCC)OC(=O)CCCCCCC/C=C\C/C=C\CCCCC. The highest BCUT2D eigenvalue weighted by atomic mass is 16.7. The summed E-state index contributed by atoms with van der Waals surface area (Å²) in [6, 6.07) is 0. The molecule has 0 aliphatic carbocycles. The average molecular weight is 1110 g/mol. The number of aliphatic hydroxyl groups excluding tert-OH is 2. The summed E-state index contributed by atoms with van der Waals surface area (Å²) in [5.41, 5.74) is 0. The summed E-state index contributed by atoms with van der Waals surface area (Å²) < 4.78 is 28.5. The minimum Gasteiger partial charge on any atom is -0.479 e. The zero-order valence-electron chi connectivity index (χ0n) is 49.8. The summed E-state index contributed by atoms with van der Waals surface area (Å²) in [7, 11) is 0. The van der Waals surface area contributed by atoms with Crippen molar-refractivity contribution in [2.45, 2.75) is 302 Å². The second-order valence-electron chi connectivity index (χ2n) is 21.3. The van der Waals surface area contributed by atoms with E-state index in [1.807, 2.05) is 0 Å². The van der Waals surface area contributed by atoms with Crippen molar-refractivity contribution in [2.24, 2.45) is 0 Å².